The van der Waals surface area contributed by atoms with Gasteiger partial charge < -0.3 is 84.2 Å². The molecule has 0 spiro atoms. The molecule has 32 heteroatoms. The molecule has 70 heavy (non-hydrogen) atoms. The minimum Gasteiger partial charge on any atom is -0.479 e. The van der Waals surface area contributed by atoms with Gasteiger partial charge in [0.05, 0.1) is 36.4 Å². The van der Waals surface area contributed by atoms with Crippen LogP contribution in [-0.2, 0) is 66.8 Å². The van der Waals surface area contributed by atoms with Gasteiger partial charge in [0.15, 0.2) is 6.10 Å². The Morgan fingerprint density at radius 2 is 1.20 bits per heavy atom. The lowest BCUT2D eigenvalue weighted by molar-refractivity contribution is -0.149. The predicted octanol–water partition coefficient (Wildman–Crippen LogP) is -6.96. The summed E-state index contributed by atoms with van der Waals surface area (Å²) in [4.78, 5) is 131. The maximum atomic E-state index is 13.7. The van der Waals surface area contributed by atoms with Crippen LogP contribution in [-0.4, -0.2) is 176 Å². The number of nitrogens with one attached hydrogen (secondary N) is 9. The fraction of sp³-hybridized carbons (Fsp3) is 0.579. The number of nitrogens with two attached hydrogens (primary N) is 1. The van der Waals surface area contributed by atoms with E-state index in [9.17, 15) is 105 Å². The van der Waals surface area contributed by atoms with Crippen LogP contribution in [0.1, 0.15) is 44.4 Å². The molecule has 1 aromatic carbocycles. The molecule has 17 N–H and O–H groups in total. The Kier molecular flexibility index (Phi) is 21.4. The Balaban J connectivity index is 2.59. The molecule has 0 aromatic heterocycles. The molecule has 1 saturated heterocycles. The van der Waals surface area contributed by atoms with Gasteiger partial charge in [0.1, 0.15) is 42.4 Å². The van der Waals surface area contributed by atoms with E-state index in [1.54, 1.807) is 5.32 Å². The van der Waals surface area contributed by atoms with Crippen molar-refractivity contribution >= 4 is 59.1 Å². The Hall–Kier alpha value is -6.74. The van der Waals surface area contributed by atoms with Crippen LogP contribution >= 0.6 is 0 Å². The minimum absolute atomic E-state index is 0.132. The van der Waals surface area contributed by atoms with Crippen LogP contribution in [0.3, 0.4) is 0 Å². The van der Waals surface area contributed by atoms with Crippen LogP contribution < -0.4 is 53.6 Å². The van der Waals surface area contributed by atoms with E-state index in [4.69, 9.17) is 5.73 Å². The van der Waals surface area contributed by atoms with Crippen molar-refractivity contribution in [3.63, 3.8) is 0 Å². The zero-order valence-electron chi connectivity index (χ0n) is 37.1. The monoisotopic (exact) mass is 1020 g/mol. The second-order valence-electron chi connectivity index (χ2n) is 15.9. The highest BCUT2D eigenvalue weighted by molar-refractivity contribution is 6.06. The number of benzene rings is 1. The average Bonchev–Trinajstić information content (AvgIpc) is 3.26. The maximum absolute atomic E-state index is 13.7. The summed E-state index contributed by atoms with van der Waals surface area (Å²) >= 11 is 0. The van der Waals surface area contributed by atoms with Gasteiger partial charge in [-0.05, 0) is 43.5 Å². The zero-order valence-corrected chi connectivity index (χ0v) is 37.1. The first-order valence-corrected chi connectivity index (χ1v) is 20.5. The molecule has 1 heterocycles. The van der Waals surface area contributed by atoms with Gasteiger partial charge in [-0.3, -0.25) is 43.2 Å². The fourth-order valence-corrected chi connectivity index (χ4v) is 5.99. The normalized spacial score (nSPS) is 24.9. The lowest BCUT2D eigenvalue weighted by Gasteiger charge is -2.31. The summed E-state index contributed by atoms with van der Waals surface area (Å²) in [5, 5.41) is 79.4. The largest absolute Gasteiger partial charge is 0.479 e. The highest BCUT2D eigenvalue weighted by atomic mass is 19.4. The molecule has 11 atom stereocenters. The van der Waals surface area contributed by atoms with E-state index >= 15 is 0 Å². The minimum atomic E-state index is -5.21. The van der Waals surface area contributed by atoms with Gasteiger partial charge in [-0.25, -0.2) is 4.79 Å². The summed E-state index contributed by atoms with van der Waals surface area (Å²) in [6.45, 7) is 0.223. The van der Waals surface area contributed by atoms with Crippen LogP contribution in [0.25, 0.3) is 0 Å². The van der Waals surface area contributed by atoms with Gasteiger partial charge in [-0.15, -0.1) is 0 Å². The van der Waals surface area contributed by atoms with Crippen molar-refractivity contribution in [1.82, 2.24) is 47.9 Å². The molecule has 2 rings (SSSR count). The summed E-state index contributed by atoms with van der Waals surface area (Å²) in [5.41, 5.74) is 1.13. The molecule has 1 fully saturated rings. The molecule has 1 aliphatic rings. The van der Waals surface area contributed by atoms with Crippen molar-refractivity contribution < 1.29 is 105 Å². The second kappa shape index (κ2) is 25.2. The van der Waals surface area contributed by atoms with Crippen LogP contribution in [0.5, 0.6) is 0 Å². The summed E-state index contributed by atoms with van der Waals surface area (Å²) in [7, 11) is 0. The molecule has 26 nitrogen and oxygen atoms in total. The number of aliphatic hydroxyl groups is 5. The molecule has 0 saturated carbocycles. The smallest absolute Gasteiger partial charge is 0.416 e. The summed E-state index contributed by atoms with van der Waals surface area (Å²) < 4.78 is 80.3. The second-order valence-corrected chi connectivity index (χ2v) is 15.9. The number of hydrogen-bond acceptors (Lipinski definition) is 16. The standard InChI is InChI=1S/C38H52F6N10O16/c1-12(2)21-33(66)53-23(25(58)26(59)27(45)60)34(67)52-22(14(4)56)32(65)48-10-20(57)31(64)54-24(36(69)70)35(68)49-18(29(62)50-19(11-55)30(63)51-21)9-47-28(61)13(3)46-8-15-5-16(37(39,40)41)7-17(6-15)38(42,43)44/h5-7,12-14,18-26,46,55-59H,8-11H2,1-4H3,(H2,45,60)(H,47,61)(H,48,65)(H,49,68)(H,50,62)(H,51,63)(H,52,67)(H,53,66)(H,54,64)(H,69,70)/t13?,14-,18+,19+,20+,21+,22+,23?,24?,25?,26?/m1/s1. The third-order valence-electron chi connectivity index (χ3n) is 10.00. The van der Waals surface area contributed by atoms with Crippen LogP contribution in [0.15, 0.2) is 18.2 Å². The molecule has 0 aliphatic carbocycles. The van der Waals surface area contributed by atoms with Gasteiger partial charge in [0.2, 0.25) is 47.4 Å². The van der Waals surface area contributed by atoms with Gasteiger partial charge in [0.25, 0.3) is 11.8 Å². The predicted molar refractivity (Wildman–Crippen MR) is 219 cm³/mol. The van der Waals surface area contributed by atoms with Crippen molar-refractivity contribution in [2.75, 3.05) is 19.7 Å². The number of carboxylic acids is 1. The number of halogens is 6. The quantitative estimate of drug-likeness (QED) is 0.0645. The fourth-order valence-electron chi connectivity index (χ4n) is 5.99. The number of carbonyl (C=O) groups excluding carboxylic acids is 9. The summed E-state index contributed by atoms with van der Waals surface area (Å²) in [6, 6.07) is -14.3. The van der Waals surface area contributed by atoms with Crippen molar-refractivity contribution in [3.05, 3.63) is 34.9 Å². The van der Waals surface area contributed by atoms with Gasteiger partial charge >= 0.3 is 18.3 Å². The molecule has 5 unspecified atom stereocenters. The lowest BCUT2D eigenvalue weighted by Crippen LogP contribution is -2.66. The van der Waals surface area contributed by atoms with Crippen LogP contribution in [0, 0.1) is 5.92 Å². The maximum Gasteiger partial charge on any atom is 0.416 e. The Bertz CT molecular complexity index is 2100. The van der Waals surface area contributed by atoms with Crippen LogP contribution in [0.2, 0.25) is 0 Å². The molecule has 9 amide bonds. The number of aliphatic carboxylic acids is 1. The highest BCUT2D eigenvalue weighted by Crippen LogP contribution is 2.36. The molecule has 0 bridgehead atoms. The van der Waals surface area contributed by atoms with E-state index in [0.717, 1.165) is 13.8 Å². The van der Waals surface area contributed by atoms with E-state index in [-0.39, 0.29) is 6.07 Å². The first-order valence-electron chi connectivity index (χ1n) is 20.5. The molecule has 0 radical (unpaired) electrons. The van der Waals surface area contributed by atoms with Crippen molar-refractivity contribution in [2.45, 2.75) is 113 Å². The topological polar surface area (TPSA) is 426 Å². The number of carboxylic acid groups (broad SMARTS) is 1. The average molecular weight is 1020 g/mol. The Morgan fingerprint density at radius 3 is 1.69 bits per heavy atom. The Labute approximate surface area is 391 Å². The number of primary amides is 1. The number of β-amino-alcohol motifs (C(OH)–C–C–N with tert-alkyl or cyclic N) is 1. The third kappa shape index (κ3) is 17.0. The summed E-state index contributed by atoms with van der Waals surface area (Å²) in [5.74, 6) is -16.8. The van der Waals surface area contributed by atoms with E-state index in [1.807, 2.05) is 26.6 Å². The molecule has 392 valence electrons. The Morgan fingerprint density at radius 1 is 0.700 bits per heavy atom. The zero-order chi connectivity index (χ0) is 53.7. The summed E-state index contributed by atoms with van der Waals surface area (Å²) in [6.07, 6.45) is -19.9. The highest BCUT2D eigenvalue weighted by Gasteiger charge is 2.42. The van der Waals surface area contributed by atoms with Gasteiger partial charge in [-0.2, -0.15) is 26.3 Å². The molecule has 1 aliphatic heterocycles. The number of carbonyl (C=O) groups is 10. The van der Waals surface area contributed by atoms with Crippen LogP contribution in [0.4, 0.5) is 26.3 Å². The lowest BCUT2D eigenvalue weighted by atomic mass is 9.99. The number of rotatable bonds is 13. The number of amides is 9. The molecular formula is C38H52F6N10O16. The van der Waals surface area contributed by atoms with Crippen molar-refractivity contribution in [3.8, 4) is 0 Å². The van der Waals surface area contributed by atoms with E-state index in [2.05, 4.69) is 16.0 Å². The first kappa shape index (κ1) is 59.4. The van der Waals surface area contributed by atoms with Crippen molar-refractivity contribution in [2.24, 2.45) is 11.7 Å². The van der Waals surface area contributed by atoms with Gasteiger partial charge in [0, 0.05) is 13.1 Å². The first-order chi connectivity index (χ1) is 32.2. The van der Waals surface area contributed by atoms with E-state index < -0.39 is 187 Å². The van der Waals surface area contributed by atoms with E-state index in [1.165, 1.54) is 13.8 Å². The number of alkyl halides is 6. The molecular weight excluding hydrogens is 966 g/mol. The number of aliphatic hydroxyl groups excluding tert-OH is 5. The molecule has 1 aromatic rings. The third-order valence-corrected chi connectivity index (χ3v) is 10.00. The number of hydrogen-bond donors (Lipinski definition) is 16. The van der Waals surface area contributed by atoms with Crippen molar-refractivity contribution in [1.29, 1.82) is 0 Å². The SMILES string of the molecule is CC(NCc1cc(C(F)(F)F)cc(C(F)(F)F)c1)C(=O)NC[C@@H]1NC(=O)C(C(=O)O)NC(=O)[C@@H](O)CNC(=O)[C@H]([C@@H](C)O)NC(=O)C(C(O)C(O)C(N)=O)NC(=O)[C@H](C(C)C)NC(=O)[C@H](CO)NC1=O. The van der Waals surface area contributed by atoms with E-state index in [0.29, 0.717) is 12.1 Å². The van der Waals surface area contributed by atoms with Gasteiger partial charge in [-0.1, -0.05) is 13.8 Å².